The van der Waals surface area contributed by atoms with Crippen LogP contribution in [-0.2, 0) is 16.0 Å². The minimum atomic E-state index is -0.861. The number of carbonyl (C=O) groups is 2. The fourth-order valence-electron chi connectivity index (χ4n) is 2.68. The van der Waals surface area contributed by atoms with E-state index in [2.05, 4.69) is 5.32 Å². The van der Waals surface area contributed by atoms with Crippen molar-refractivity contribution in [2.24, 2.45) is 11.8 Å². The fraction of sp³-hybridized carbons (Fsp3) is 0.467. The maximum atomic E-state index is 12.0. The minimum Gasteiger partial charge on any atom is -0.481 e. The van der Waals surface area contributed by atoms with Gasteiger partial charge >= 0.3 is 5.97 Å². The van der Waals surface area contributed by atoms with Gasteiger partial charge in [0.2, 0.25) is 5.91 Å². The van der Waals surface area contributed by atoms with Crippen LogP contribution in [0, 0.1) is 11.8 Å². The van der Waals surface area contributed by atoms with Gasteiger partial charge in [0.15, 0.2) is 0 Å². The number of amides is 1. The third-order valence-electron chi connectivity index (χ3n) is 3.80. The van der Waals surface area contributed by atoms with Gasteiger partial charge in [-0.1, -0.05) is 30.2 Å². The molecule has 108 valence electrons. The van der Waals surface area contributed by atoms with Crippen LogP contribution in [-0.4, -0.2) is 23.5 Å². The van der Waals surface area contributed by atoms with Crippen LogP contribution >= 0.6 is 11.6 Å². The predicted molar refractivity (Wildman–Crippen MR) is 76.6 cm³/mol. The molecule has 0 bridgehead atoms. The summed E-state index contributed by atoms with van der Waals surface area (Å²) in [6.45, 7) is 0.517. The summed E-state index contributed by atoms with van der Waals surface area (Å²) in [6, 6.07) is 7.47. The standard InChI is InChI=1S/C15H18ClNO3/c16-11-6-4-10(5-7-11)8-9-17-14(18)12-2-1-3-13(12)15(19)20/h4-7,12-13H,1-3,8-9H2,(H,17,18)(H,19,20)/t12-,13+/m1/s1. The number of aliphatic carboxylic acids is 1. The highest BCUT2D eigenvalue weighted by molar-refractivity contribution is 6.30. The molecule has 0 saturated heterocycles. The maximum absolute atomic E-state index is 12.0. The number of carboxylic acid groups (broad SMARTS) is 1. The average Bonchev–Trinajstić information content (AvgIpc) is 2.90. The van der Waals surface area contributed by atoms with Crippen LogP contribution in [0.5, 0.6) is 0 Å². The van der Waals surface area contributed by atoms with Gasteiger partial charge in [-0.25, -0.2) is 0 Å². The second-order valence-electron chi connectivity index (χ2n) is 5.15. The van der Waals surface area contributed by atoms with Crippen LogP contribution in [0.25, 0.3) is 0 Å². The van der Waals surface area contributed by atoms with Gasteiger partial charge in [0, 0.05) is 11.6 Å². The Morgan fingerprint density at radius 2 is 1.85 bits per heavy atom. The highest BCUT2D eigenvalue weighted by atomic mass is 35.5. The topological polar surface area (TPSA) is 66.4 Å². The third-order valence-corrected chi connectivity index (χ3v) is 4.05. The van der Waals surface area contributed by atoms with Gasteiger partial charge in [0.25, 0.3) is 0 Å². The monoisotopic (exact) mass is 295 g/mol. The Labute approximate surface area is 123 Å². The van der Waals surface area contributed by atoms with Crippen molar-refractivity contribution in [2.45, 2.75) is 25.7 Å². The summed E-state index contributed by atoms with van der Waals surface area (Å²) < 4.78 is 0. The van der Waals surface area contributed by atoms with Gasteiger partial charge in [0.05, 0.1) is 11.8 Å². The predicted octanol–water partition coefficient (Wildman–Crippen LogP) is 2.50. The number of carboxylic acids is 1. The number of carbonyl (C=O) groups excluding carboxylic acids is 1. The Kier molecular flexibility index (Phi) is 5.01. The molecule has 20 heavy (non-hydrogen) atoms. The highest BCUT2D eigenvalue weighted by Crippen LogP contribution is 2.31. The van der Waals surface area contributed by atoms with E-state index in [-0.39, 0.29) is 11.8 Å². The quantitative estimate of drug-likeness (QED) is 0.877. The van der Waals surface area contributed by atoms with Gasteiger partial charge in [-0.3, -0.25) is 9.59 Å². The summed E-state index contributed by atoms with van der Waals surface area (Å²) in [5.41, 5.74) is 1.09. The molecule has 1 aromatic rings. The van der Waals surface area contributed by atoms with Crippen molar-refractivity contribution < 1.29 is 14.7 Å². The van der Waals surface area contributed by atoms with Crippen LogP contribution < -0.4 is 5.32 Å². The van der Waals surface area contributed by atoms with Crippen LogP contribution in [0.4, 0.5) is 0 Å². The van der Waals surface area contributed by atoms with Crippen molar-refractivity contribution in [3.05, 3.63) is 34.9 Å². The lowest BCUT2D eigenvalue weighted by Crippen LogP contribution is -2.36. The Balaban J connectivity index is 1.80. The van der Waals surface area contributed by atoms with Crippen molar-refractivity contribution >= 4 is 23.5 Å². The lowest BCUT2D eigenvalue weighted by Gasteiger charge is -2.15. The molecule has 0 radical (unpaired) electrons. The van der Waals surface area contributed by atoms with Crippen LogP contribution in [0.15, 0.2) is 24.3 Å². The van der Waals surface area contributed by atoms with Gasteiger partial charge in [-0.2, -0.15) is 0 Å². The molecule has 0 aliphatic heterocycles. The zero-order valence-corrected chi connectivity index (χ0v) is 11.9. The molecule has 0 heterocycles. The first-order valence-electron chi connectivity index (χ1n) is 6.83. The fourth-order valence-corrected chi connectivity index (χ4v) is 2.81. The summed E-state index contributed by atoms with van der Waals surface area (Å²) >= 11 is 5.80. The molecule has 1 aliphatic carbocycles. The molecule has 1 aliphatic rings. The first kappa shape index (κ1) is 14.9. The Hall–Kier alpha value is -1.55. The number of benzene rings is 1. The largest absolute Gasteiger partial charge is 0.481 e. The Bertz CT molecular complexity index is 486. The van der Waals surface area contributed by atoms with Crippen LogP contribution in [0.1, 0.15) is 24.8 Å². The molecule has 1 amide bonds. The van der Waals surface area contributed by atoms with Crippen LogP contribution in [0.2, 0.25) is 5.02 Å². The number of hydrogen-bond acceptors (Lipinski definition) is 2. The van der Waals surface area contributed by atoms with E-state index in [4.69, 9.17) is 16.7 Å². The van der Waals surface area contributed by atoms with Gasteiger partial charge in [0.1, 0.15) is 0 Å². The zero-order valence-electron chi connectivity index (χ0n) is 11.1. The summed E-state index contributed by atoms with van der Waals surface area (Å²) in [4.78, 5) is 23.1. The molecule has 2 atom stereocenters. The number of hydrogen-bond donors (Lipinski definition) is 2. The van der Waals surface area contributed by atoms with Crippen molar-refractivity contribution in [2.75, 3.05) is 6.54 Å². The van der Waals surface area contributed by atoms with Gasteiger partial charge in [-0.15, -0.1) is 0 Å². The molecule has 4 nitrogen and oxygen atoms in total. The molecule has 2 rings (SSSR count). The number of halogens is 1. The zero-order chi connectivity index (χ0) is 14.5. The molecular weight excluding hydrogens is 278 g/mol. The number of rotatable bonds is 5. The molecule has 0 spiro atoms. The Morgan fingerprint density at radius 3 is 2.50 bits per heavy atom. The van der Waals surface area contributed by atoms with Gasteiger partial charge in [-0.05, 0) is 37.0 Å². The molecule has 0 unspecified atom stereocenters. The average molecular weight is 296 g/mol. The van der Waals surface area contributed by atoms with E-state index in [9.17, 15) is 9.59 Å². The minimum absolute atomic E-state index is 0.135. The van der Waals surface area contributed by atoms with E-state index < -0.39 is 11.9 Å². The summed E-state index contributed by atoms with van der Waals surface area (Å²) in [5, 5.41) is 12.6. The second-order valence-corrected chi connectivity index (χ2v) is 5.59. The lowest BCUT2D eigenvalue weighted by molar-refractivity contribution is -0.146. The highest BCUT2D eigenvalue weighted by Gasteiger charge is 2.37. The molecule has 5 heteroatoms. The maximum Gasteiger partial charge on any atom is 0.307 e. The summed E-state index contributed by atoms with van der Waals surface area (Å²) in [6.07, 6.45) is 2.80. The molecule has 1 saturated carbocycles. The second kappa shape index (κ2) is 6.75. The first-order chi connectivity index (χ1) is 9.58. The molecule has 1 fully saturated rings. The van der Waals surface area contributed by atoms with E-state index in [1.54, 1.807) is 0 Å². The molecule has 2 N–H and O–H groups in total. The molecule has 0 aromatic heterocycles. The van der Waals surface area contributed by atoms with Crippen LogP contribution in [0.3, 0.4) is 0 Å². The number of nitrogens with one attached hydrogen (secondary N) is 1. The van der Waals surface area contributed by atoms with Gasteiger partial charge < -0.3 is 10.4 Å². The van der Waals surface area contributed by atoms with E-state index in [1.165, 1.54) is 0 Å². The van der Waals surface area contributed by atoms with E-state index >= 15 is 0 Å². The lowest BCUT2D eigenvalue weighted by atomic mass is 9.95. The summed E-state index contributed by atoms with van der Waals surface area (Å²) in [7, 11) is 0. The normalized spacial score (nSPS) is 21.6. The van der Waals surface area contributed by atoms with Crippen molar-refractivity contribution in [3.63, 3.8) is 0 Å². The molecule has 1 aromatic carbocycles. The van der Waals surface area contributed by atoms with E-state index in [0.29, 0.717) is 30.8 Å². The Morgan fingerprint density at radius 1 is 1.20 bits per heavy atom. The van der Waals surface area contributed by atoms with E-state index in [0.717, 1.165) is 12.0 Å². The molecular formula is C15H18ClNO3. The van der Waals surface area contributed by atoms with Crippen molar-refractivity contribution in [1.82, 2.24) is 5.32 Å². The first-order valence-corrected chi connectivity index (χ1v) is 7.20. The van der Waals surface area contributed by atoms with E-state index in [1.807, 2.05) is 24.3 Å². The summed E-state index contributed by atoms with van der Waals surface area (Å²) in [5.74, 6) is -1.90. The van der Waals surface area contributed by atoms with Crippen molar-refractivity contribution in [3.8, 4) is 0 Å². The third kappa shape index (κ3) is 3.73. The SMILES string of the molecule is O=C(O)[C@H]1CCC[C@H]1C(=O)NCCc1ccc(Cl)cc1. The van der Waals surface area contributed by atoms with Crippen molar-refractivity contribution in [1.29, 1.82) is 0 Å². The smallest absolute Gasteiger partial charge is 0.307 e.